The highest BCUT2D eigenvalue weighted by molar-refractivity contribution is 5.01. The van der Waals surface area contributed by atoms with E-state index in [0.717, 1.165) is 17.9 Å². The number of hydrogen-bond donors (Lipinski definition) is 1. The predicted molar refractivity (Wildman–Crippen MR) is 69.6 cm³/mol. The average Bonchev–Trinajstić information content (AvgIpc) is 3.02. The molecular formula is C14H28N2. The number of nitrogens with zero attached hydrogens (tertiary/aromatic N) is 1. The normalized spacial score (nSPS) is 35.1. The van der Waals surface area contributed by atoms with Crippen LogP contribution in [0.25, 0.3) is 0 Å². The molecule has 0 aromatic rings. The van der Waals surface area contributed by atoms with Crippen molar-refractivity contribution >= 4 is 0 Å². The van der Waals surface area contributed by atoms with Crippen LogP contribution in [-0.4, -0.2) is 36.1 Å². The molecule has 0 radical (unpaired) electrons. The molecule has 0 amide bonds. The predicted octanol–water partition coefficient (Wildman–Crippen LogP) is 2.49. The third-order valence-electron chi connectivity index (χ3n) is 4.70. The molecule has 2 rings (SSSR count). The van der Waals surface area contributed by atoms with Crippen molar-refractivity contribution in [3.05, 3.63) is 0 Å². The molecule has 2 heteroatoms. The number of rotatable bonds is 3. The van der Waals surface area contributed by atoms with Crippen LogP contribution >= 0.6 is 0 Å². The average molecular weight is 224 g/mol. The number of hydrogen-bond acceptors (Lipinski definition) is 2. The van der Waals surface area contributed by atoms with E-state index in [0.29, 0.717) is 5.54 Å². The third-order valence-corrected chi connectivity index (χ3v) is 4.70. The first kappa shape index (κ1) is 12.4. The molecule has 2 nitrogen and oxygen atoms in total. The summed E-state index contributed by atoms with van der Waals surface area (Å²) in [5.41, 5.74) is 0.389. The summed E-state index contributed by atoms with van der Waals surface area (Å²) in [7, 11) is 0. The molecule has 2 fully saturated rings. The Morgan fingerprint density at radius 2 is 1.94 bits per heavy atom. The summed E-state index contributed by atoms with van der Waals surface area (Å²) in [5.74, 6) is 1.70. The molecule has 1 saturated heterocycles. The van der Waals surface area contributed by atoms with Crippen LogP contribution in [0.5, 0.6) is 0 Å². The highest BCUT2D eigenvalue weighted by Gasteiger charge is 2.43. The van der Waals surface area contributed by atoms with Crippen molar-refractivity contribution in [3.8, 4) is 0 Å². The fourth-order valence-corrected chi connectivity index (χ4v) is 2.98. The maximum absolute atomic E-state index is 3.80. The Hall–Kier alpha value is -0.0800. The van der Waals surface area contributed by atoms with Gasteiger partial charge in [-0.1, -0.05) is 13.8 Å². The van der Waals surface area contributed by atoms with Gasteiger partial charge in [-0.25, -0.2) is 0 Å². The van der Waals surface area contributed by atoms with Crippen molar-refractivity contribution in [2.24, 2.45) is 11.8 Å². The minimum absolute atomic E-state index is 0.389. The van der Waals surface area contributed by atoms with E-state index in [2.05, 4.69) is 37.9 Å². The molecular weight excluding hydrogens is 196 g/mol. The van der Waals surface area contributed by atoms with Crippen LogP contribution in [0.4, 0.5) is 0 Å². The Labute approximate surface area is 101 Å². The van der Waals surface area contributed by atoms with E-state index in [1.807, 2.05) is 0 Å². The Kier molecular flexibility index (Phi) is 3.60. The second-order valence-corrected chi connectivity index (χ2v) is 6.43. The van der Waals surface area contributed by atoms with E-state index in [9.17, 15) is 0 Å². The molecule has 16 heavy (non-hydrogen) atoms. The van der Waals surface area contributed by atoms with Gasteiger partial charge in [0.1, 0.15) is 0 Å². The summed E-state index contributed by atoms with van der Waals surface area (Å²) in [6.45, 7) is 13.2. The number of nitrogens with one attached hydrogen (secondary N) is 1. The summed E-state index contributed by atoms with van der Waals surface area (Å²) >= 11 is 0. The summed E-state index contributed by atoms with van der Waals surface area (Å²) < 4.78 is 0. The zero-order valence-electron chi connectivity index (χ0n) is 11.4. The fraction of sp³-hybridized carbons (Fsp3) is 1.00. The first-order valence-electron chi connectivity index (χ1n) is 7.02. The Morgan fingerprint density at radius 1 is 1.25 bits per heavy atom. The lowest BCUT2D eigenvalue weighted by molar-refractivity contribution is 0.131. The van der Waals surface area contributed by atoms with E-state index >= 15 is 0 Å². The van der Waals surface area contributed by atoms with Crippen LogP contribution in [0.3, 0.4) is 0 Å². The maximum Gasteiger partial charge on any atom is 0.0308 e. The van der Waals surface area contributed by atoms with Crippen LogP contribution in [0.2, 0.25) is 0 Å². The molecule has 1 heterocycles. The molecule has 0 aromatic carbocycles. The van der Waals surface area contributed by atoms with Crippen LogP contribution in [-0.2, 0) is 0 Å². The van der Waals surface area contributed by atoms with Gasteiger partial charge in [0.25, 0.3) is 0 Å². The zero-order chi connectivity index (χ0) is 11.8. The van der Waals surface area contributed by atoms with Crippen molar-refractivity contribution in [1.82, 2.24) is 10.2 Å². The molecule has 2 unspecified atom stereocenters. The van der Waals surface area contributed by atoms with Gasteiger partial charge in [0.05, 0.1) is 0 Å². The largest absolute Gasteiger partial charge is 0.310 e. The van der Waals surface area contributed by atoms with E-state index in [1.54, 1.807) is 0 Å². The van der Waals surface area contributed by atoms with Gasteiger partial charge in [0.15, 0.2) is 0 Å². The zero-order valence-corrected chi connectivity index (χ0v) is 11.4. The maximum atomic E-state index is 3.80. The van der Waals surface area contributed by atoms with Crippen LogP contribution in [0, 0.1) is 11.8 Å². The summed E-state index contributed by atoms with van der Waals surface area (Å²) in [6.07, 6.45) is 4.18. The molecule has 1 saturated carbocycles. The topological polar surface area (TPSA) is 15.3 Å². The summed E-state index contributed by atoms with van der Waals surface area (Å²) in [6, 6.07) is 0.720. The van der Waals surface area contributed by atoms with Gasteiger partial charge in [-0.2, -0.15) is 0 Å². The molecule has 2 atom stereocenters. The van der Waals surface area contributed by atoms with Gasteiger partial charge >= 0.3 is 0 Å². The highest BCUT2D eigenvalue weighted by atomic mass is 15.2. The monoisotopic (exact) mass is 224 g/mol. The summed E-state index contributed by atoms with van der Waals surface area (Å²) in [5, 5.41) is 3.80. The minimum atomic E-state index is 0.389. The van der Waals surface area contributed by atoms with Crippen LogP contribution in [0.15, 0.2) is 0 Å². The van der Waals surface area contributed by atoms with Crippen molar-refractivity contribution in [2.75, 3.05) is 19.6 Å². The lowest BCUT2D eigenvalue weighted by atomic mass is 9.93. The van der Waals surface area contributed by atoms with Crippen LogP contribution in [0.1, 0.15) is 47.0 Å². The molecule has 1 aliphatic heterocycles. The van der Waals surface area contributed by atoms with Gasteiger partial charge in [-0.3, -0.25) is 4.90 Å². The van der Waals surface area contributed by atoms with Crippen molar-refractivity contribution < 1.29 is 0 Å². The first-order chi connectivity index (χ1) is 7.53. The molecule has 0 spiro atoms. The lowest BCUT2D eigenvalue weighted by Crippen LogP contribution is -2.53. The summed E-state index contributed by atoms with van der Waals surface area (Å²) in [4.78, 5) is 2.71. The van der Waals surface area contributed by atoms with Crippen molar-refractivity contribution in [2.45, 2.75) is 58.5 Å². The lowest BCUT2D eigenvalue weighted by Gasteiger charge is -2.38. The quantitative estimate of drug-likeness (QED) is 0.792. The SMILES string of the molecule is CC(C)C(C)N1CCCNC(C)(C2CC2)C1. The van der Waals surface area contributed by atoms with Gasteiger partial charge in [0.2, 0.25) is 0 Å². The molecule has 94 valence electrons. The van der Waals surface area contributed by atoms with Crippen LogP contribution < -0.4 is 5.32 Å². The second-order valence-electron chi connectivity index (χ2n) is 6.43. The minimum Gasteiger partial charge on any atom is -0.310 e. The Balaban J connectivity index is 2.02. The standard InChI is InChI=1S/C14H28N2/c1-11(2)12(3)16-9-5-8-15-14(4,10-16)13-6-7-13/h11-13,15H,5-10H2,1-4H3. The Morgan fingerprint density at radius 3 is 2.50 bits per heavy atom. The second kappa shape index (κ2) is 4.66. The van der Waals surface area contributed by atoms with E-state index in [-0.39, 0.29) is 0 Å². The molecule has 2 aliphatic rings. The van der Waals surface area contributed by atoms with E-state index < -0.39 is 0 Å². The fourth-order valence-electron chi connectivity index (χ4n) is 2.98. The third kappa shape index (κ3) is 2.60. The van der Waals surface area contributed by atoms with Gasteiger partial charge < -0.3 is 5.32 Å². The molecule has 1 aliphatic carbocycles. The van der Waals surface area contributed by atoms with Gasteiger partial charge in [-0.05, 0) is 58.0 Å². The molecule has 1 N–H and O–H groups in total. The van der Waals surface area contributed by atoms with Gasteiger partial charge in [-0.15, -0.1) is 0 Å². The molecule has 0 aromatic heterocycles. The first-order valence-corrected chi connectivity index (χ1v) is 7.02. The van der Waals surface area contributed by atoms with E-state index in [1.165, 1.54) is 38.9 Å². The van der Waals surface area contributed by atoms with Gasteiger partial charge in [0, 0.05) is 18.1 Å². The Bertz CT molecular complexity index is 235. The highest BCUT2D eigenvalue weighted by Crippen LogP contribution is 2.40. The smallest absolute Gasteiger partial charge is 0.0308 e. The van der Waals surface area contributed by atoms with Crippen molar-refractivity contribution in [3.63, 3.8) is 0 Å². The molecule has 0 bridgehead atoms. The van der Waals surface area contributed by atoms with Crippen molar-refractivity contribution in [1.29, 1.82) is 0 Å². The van der Waals surface area contributed by atoms with E-state index in [4.69, 9.17) is 0 Å².